The predicted octanol–water partition coefficient (Wildman–Crippen LogP) is 0.615. The van der Waals surface area contributed by atoms with Crippen molar-refractivity contribution in [3.05, 3.63) is 34.6 Å². The van der Waals surface area contributed by atoms with Gasteiger partial charge in [0.25, 0.3) is 5.69 Å². The molecule has 78 valence electrons. The average Bonchev–Trinajstić information content (AvgIpc) is 2.21. The van der Waals surface area contributed by atoms with Crippen molar-refractivity contribution in [3.8, 4) is 0 Å². The molecular weight excluding hydrogens is 188 g/mol. The van der Waals surface area contributed by atoms with Crippen LogP contribution in [0.15, 0.2) is 24.5 Å². The van der Waals surface area contributed by atoms with Crippen LogP contribution in [0.2, 0.25) is 0 Å². The molecule has 14 heavy (non-hydrogen) atoms. The molecule has 1 aromatic rings. The Hall–Kier alpha value is -1.53. The molecular formula is C8H12N2O4. The van der Waals surface area contributed by atoms with Crippen LogP contribution < -0.4 is 0 Å². The van der Waals surface area contributed by atoms with Gasteiger partial charge < -0.3 is 9.84 Å². The van der Waals surface area contributed by atoms with Crippen LogP contribution in [-0.4, -0.2) is 35.3 Å². The molecule has 0 radical (unpaired) electrons. The molecule has 0 amide bonds. The average molecular weight is 200 g/mol. The van der Waals surface area contributed by atoms with Gasteiger partial charge in [-0.25, -0.2) is 0 Å². The van der Waals surface area contributed by atoms with Crippen molar-refractivity contribution in [1.29, 1.82) is 0 Å². The Morgan fingerprint density at radius 3 is 2.36 bits per heavy atom. The molecule has 0 bridgehead atoms. The molecule has 0 fully saturated rings. The lowest BCUT2D eigenvalue weighted by atomic mass is 10.4. The van der Waals surface area contributed by atoms with Crippen LogP contribution in [0.3, 0.4) is 0 Å². The zero-order chi connectivity index (χ0) is 10.8. The van der Waals surface area contributed by atoms with Crippen LogP contribution in [0.5, 0.6) is 0 Å². The Balaban J connectivity index is 0.000000292. The maximum atomic E-state index is 9.98. The molecule has 0 aliphatic heterocycles. The van der Waals surface area contributed by atoms with Crippen molar-refractivity contribution >= 4 is 5.69 Å². The summed E-state index contributed by atoms with van der Waals surface area (Å²) < 4.78 is 4.44. The van der Waals surface area contributed by atoms with E-state index in [0.29, 0.717) is 6.61 Å². The first-order valence-corrected chi connectivity index (χ1v) is 3.86. The van der Waals surface area contributed by atoms with E-state index >= 15 is 0 Å². The lowest BCUT2D eigenvalue weighted by molar-refractivity contribution is -0.384. The number of nitrogens with zero attached hydrogens (tertiary/aromatic N) is 2. The van der Waals surface area contributed by atoms with Crippen molar-refractivity contribution in [3.63, 3.8) is 0 Å². The van der Waals surface area contributed by atoms with Gasteiger partial charge in [-0.3, -0.25) is 15.1 Å². The van der Waals surface area contributed by atoms with Crippen molar-refractivity contribution in [1.82, 2.24) is 4.98 Å². The number of hydrogen-bond donors (Lipinski definition) is 1. The van der Waals surface area contributed by atoms with Gasteiger partial charge in [-0.15, -0.1) is 0 Å². The summed E-state index contributed by atoms with van der Waals surface area (Å²) >= 11 is 0. The van der Waals surface area contributed by atoms with Crippen LogP contribution in [0.1, 0.15) is 0 Å². The summed E-state index contributed by atoms with van der Waals surface area (Å²) in [4.78, 5) is 13.1. The standard InChI is InChI=1S/C5H4N2O2.C3H8O2/c8-7(9)5-1-3-6-4-2-5;1-5-3-2-4/h1-4H;4H,2-3H2,1H3. The van der Waals surface area contributed by atoms with E-state index in [2.05, 4.69) is 9.72 Å². The number of ether oxygens (including phenoxy) is 1. The molecule has 0 spiro atoms. The van der Waals surface area contributed by atoms with E-state index in [9.17, 15) is 10.1 Å². The third kappa shape index (κ3) is 6.04. The topological polar surface area (TPSA) is 85.5 Å². The number of methoxy groups -OCH3 is 1. The zero-order valence-electron chi connectivity index (χ0n) is 7.79. The maximum Gasteiger partial charge on any atom is 0.272 e. The quantitative estimate of drug-likeness (QED) is 0.570. The molecule has 6 nitrogen and oxygen atoms in total. The van der Waals surface area contributed by atoms with Crippen molar-refractivity contribution in [2.75, 3.05) is 20.3 Å². The minimum absolute atomic E-state index is 0.0741. The van der Waals surface area contributed by atoms with E-state index in [1.54, 1.807) is 7.11 Å². The van der Waals surface area contributed by atoms with Crippen molar-refractivity contribution in [2.45, 2.75) is 0 Å². The summed E-state index contributed by atoms with van der Waals surface area (Å²) in [6.45, 7) is 0.566. The van der Waals surface area contributed by atoms with E-state index < -0.39 is 4.92 Å². The van der Waals surface area contributed by atoms with E-state index in [1.165, 1.54) is 24.5 Å². The Morgan fingerprint density at radius 1 is 1.57 bits per heavy atom. The summed E-state index contributed by atoms with van der Waals surface area (Å²) in [5.41, 5.74) is 0.0741. The molecule has 0 aliphatic rings. The van der Waals surface area contributed by atoms with Gasteiger partial charge in [0, 0.05) is 31.6 Å². The number of pyridine rings is 1. The predicted molar refractivity (Wildman–Crippen MR) is 49.9 cm³/mol. The highest BCUT2D eigenvalue weighted by Crippen LogP contribution is 2.05. The molecule has 0 saturated heterocycles. The highest BCUT2D eigenvalue weighted by Gasteiger charge is 1.99. The van der Waals surface area contributed by atoms with Gasteiger partial charge in [0.2, 0.25) is 0 Å². The highest BCUT2D eigenvalue weighted by atomic mass is 16.6. The Morgan fingerprint density at radius 2 is 2.14 bits per heavy atom. The SMILES string of the molecule is COCCO.O=[N+]([O-])c1ccncc1. The smallest absolute Gasteiger partial charge is 0.272 e. The number of aliphatic hydroxyl groups is 1. The number of rotatable bonds is 3. The van der Waals surface area contributed by atoms with Crippen LogP contribution >= 0.6 is 0 Å². The van der Waals surface area contributed by atoms with Crippen LogP contribution in [-0.2, 0) is 4.74 Å². The number of aliphatic hydroxyl groups excluding tert-OH is 1. The second kappa shape index (κ2) is 8.09. The molecule has 1 aromatic heterocycles. The third-order valence-corrected chi connectivity index (χ3v) is 1.17. The van der Waals surface area contributed by atoms with Crippen LogP contribution in [0, 0.1) is 10.1 Å². The lowest BCUT2D eigenvalue weighted by Gasteiger charge is -1.84. The van der Waals surface area contributed by atoms with Crippen LogP contribution in [0.25, 0.3) is 0 Å². The third-order valence-electron chi connectivity index (χ3n) is 1.17. The molecule has 1 N–H and O–H groups in total. The Kier molecular flexibility index (Phi) is 7.20. The number of aromatic nitrogens is 1. The summed E-state index contributed by atoms with van der Waals surface area (Å²) in [6, 6.07) is 2.69. The van der Waals surface area contributed by atoms with Gasteiger partial charge in [0.1, 0.15) is 0 Å². The molecule has 0 unspecified atom stereocenters. The molecule has 1 rings (SSSR count). The highest BCUT2D eigenvalue weighted by molar-refractivity contribution is 5.24. The fraction of sp³-hybridized carbons (Fsp3) is 0.375. The van der Waals surface area contributed by atoms with Gasteiger partial charge in [0.05, 0.1) is 18.1 Å². The van der Waals surface area contributed by atoms with Gasteiger partial charge >= 0.3 is 0 Å². The van der Waals surface area contributed by atoms with E-state index in [0.717, 1.165) is 0 Å². The fourth-order valence-corrected chi connectivity index (χ4v) is 0.557. The van der Waals surface area contributed by atoms with Crippen molar-refractivity contribution in [2.24, 2.45) is 0 Å². The summed E-state index contributed by atoms with van der Waals surface area (Å²) in [5, 5.41) is 17.9. The molecule has 0 aromatic carbocycles. The Bertz CT molecular complexity index is 251. The minimum Gasteiger partial charge on any atom is -0.394 e. The number of hydrogen-bond acceptors (Lipinski definition) is 5. The zero-order valence-corrected chi connectivity index (χ0v) is 7.79. The second-order valence-electron chi connectivity index (χ2n) is 2.18. The van der Waals surface area contributed by atoms with Crippen molar-refractivity contribution < 1.29 is 14.8 Å². The Labute approximate surface area is 81.3 Å². The molecule has 0 atom stereocenters. The molecule has 0 aliphatic carbocycles. The van der Waals surface area contributed by atoms with Gasteiger partial charge in [-0.05, 0) is 0 Å². The second-order valence-corrected chi connectivity index (χ2v) is 2.18. The first kappa shape index (κ1) is 12.5. The maximum absolute atomic E-state index is 9.98. The van der Waals surface area contributed by atoms with Gasteiger partial charge in [-0.2, -0.15) is 0 Å². The van der Waals surface area contributed by atoms with Crippen LogP contribution in [0.4, 0.5) is 5.69 Å². The van der Waals surface area contributed by atoms with Gasteiger partial charge in [-0.1, -0.05) is 0 Å². The first-order valence-electron chi connectivity index (χ1n) is 3.86. The van der Waals surface area contributed by atoms with E-state index in [1.807, 2.05) is 0 Å². The molecule has 6 heteroatoms. The summed E-state index contributed by atoms with van der Waals surface area (Å²) in [5.74, 6) is 0. The van der Waals surface area contributed by atoms with Gasteiger partial charge in [0.15, 0.2) is 0 Å². The lowest BCUT2D eigenvalue weighted by Crippen LogP contribution is -1.91. The fourth-order valence-electron chi connectivity index (χ4n) is 0.557. The summed E-state index contributed by atoms with van der Waals surface area (Å²) in [6.07, 6.45) is 2.77. The minimum atomic E-state index is -0.457. The van der Waals surface area contributed by atoms with E-state index in [4.69, 9.17) is 5.11 Å². The monoisotopic (exact) mass is 200 g/mol. The largest absolute Gasteiger partial charge is 0.394 e. The normalized spacial score (nSPS) is 8.71. The molecule has 0 saturated carbocycles. The molecule has 1 heterocycles. The summed E-state index contributed by atoms with van der Waals surface area (Å²) in [7, 11) is 1.55. The first-order chi connectivity index (χ1) is 6.72. The number of nitro groups is 1. The van der Waals surface area contributed by atoms with E-state index in [-0.39, 0.29) is 12.3 Å².